The Morgan fingerprint density at radius 2 is 1.60 bits per heavy atom. The molecule has 7 rings (SSSR count). The van der Waals surface area contributed by atoms with Crippen molar-refractivity contribution in [3.05, 3.63) is 77.9 Å². The predicted molar refractivity (Wildman–Crippen MR) is 203 cm³/mol. The molecule has 2 N–H and O–H groups in total. The van der Waals surface area contributed by atoms with Gasteiger partial charge in [0.2, 0.25) is 5.91 Å². The third-order valence-electron chi connectivity index (χ3n) is 10.1. The van der Waals surface area contributed by atoms with E-state index in [-0.39, 0.29) is 42.7 Å². The summed E-state index contributed by atoms with van der Waals surface area (Å²) in [5, 5.41) is 5.79. The van der Waals surface area contributed by atoms with Crippen molar-refractivity contribution in [3.8, 4) is 22.6 Å². The number of aryl methyl sites for hydroxylation is 2. The quantitative estimate of drug-likeness (QED) is 0.182. The lowest BCUT2D eigenvalue weighted by Gasteiger charge is -2.26. The van der Waals surface area contributed by atoms with E-state index in [1.165, 1.54) is 13.5 Å². The number of carbonyl (C=O) groups excluding carboxylic acids is 4. The van der Waals surface area contributed by atoms with E-state index in [0.29, 0.717) is 58.5 Å². The van der Waals surface area contributed by atoms with Crippen LogP contribution in [0.3, 0.4) is 0 Å². The molecule has 2 saturated heterocycles. The van der Waals surface area contributed by atoms with Crippen LogP contribution in [0.25, 0.3) is 11.1 Å². The second kappa shape index (κ2) is 15.4. The molecule has 0 aliphatic carbocycles. The molecule has 2 aromatic heterocycles. The number of anilines is 2. The van der Waals surface area contributed by atoms with Crippen LogP contribution in [0.5, 0.6) is 11.5 Å². The molecule has 3 aliphatic heterocycles. The highest BCUT2D eigenvalue weighted by atomic mass is 16.5. The Morgan fingerprint density at radius 1 is 0.830 bits per heavy atom. The molecule has 2 aromatic carbocycles. The number of hydrogen-bond donors (Lipinski definition) is 2. The van der Waals surface area contributed by atoms with Gasteiger partial charge in [-0.25, -0.2) is 0 Å². The minimum atomic E-state index is -0.315. The summed E-state index contributed by atoms with van der Waals surface area (Å²) < 4.78 is 15.0. The van der Waals surface area contributed by atoms with Gasteiger partial charge in [-0.05, 0) is 74.4 Å². The number of benzene rings is 2. The van der Waals surface area contributed by atoms with Crippen molar-refractivity contribution in [3.63, 3.8) is 0 Å². The summed E-state index contributed by atoms with van der Waals surface area (Å²) in [7, 11) is 5.16. The molecule has 0 bridgehead atoms. The van der Waals surface area contributed by atoms with Crippen LogP contribution >= 0.6 is 0 Å². The number of aromatic nitrogens is 2. The summed E-state index contributed by atoms with van der Waals surface area (Å²) in [6.45, 7) is 2.56. The van der Waals surface area contributed by atoms with Crippen LogP contribution in [0.1, 0.15) is 76.3 Å². The van der Waals surface area contributed by atoms with Crippen LogP contribution in [-0.2, 0) is 18.9 Å². The van der Waals surface area contributed by atoms with Crippen LogP contribution in [0.2, 0.25) is 0 Å². The van der Waals surface area contributed by atoms with Gasteiger partial charge in [-0.1, -0.05) is 12.1 Å². The van der Waals surface area contributed by atoms with Crippen molar-refractivity contribution in [2.45, 2.75) is 51.0 Å². The summed E-state index contributed by atoms with van der Waals surface area (Å²) in [5.41, 5.74) is 5.08. The first-order valence-corrected chi connectivity index (χ1v) is 18.2. The van der Waals surface area contributed by atoms with E-state index >= 15 is 0 Å². The molecule has 276 valence electrons. The van der Waals surface area contributed by atoms with Gasteiger partial charge < -0.3 is 39.0 Å². The fourth-order valence-corrected chi connectivity index (χ4v) is 7.25. The maximum absolute atomic E-state index is 13.2. The van der Waals surface area contributed by atoms with Gasteiger partial charge in [0.25, 0.3) is 17.7 Å². The number of methoxy groups -OCH3 is 1. The van der Waals surface area contributed by atoms with Crippen molar-refractivity contribution in [2.24, 2.45) is 19.1 Å². The number of nitrogens with zero attached hydrogens (tertiary/aromatic N) is 5. The maximum Gasteiger partial charge on any atom is 0.272 e. The molecule has 5 heterocycles. The van der Waals surface area contributed by atoms with Crippen molar-refractivity contribution in [1.82, 2.24) is 18.9 Å². The number of carbonyl (C=O) groups is 4. The van der Waals surface area contributed by atoms with Crippen LogP contribution in [0, 0.1) is 0 Å². The number of hydrogen-bond acceptors (Lipinski definition) is 7. The summed E-state index contributed by atoms with van der Waals surface area (Å²) >= 11 is 0. The smallest absolute Gasteiger partial charge is 0.272 e. The van der Waals surface area contributed by atoms with Crippen molar-refractivity contribution in [1.29, 1.82) is 0 Å². The van der Waals surface area contributed by atoms with Gasteiger partial charge in [0, 0.05) is 76.1 Å². The highest BCUT2D eigenvalue weighted by Gasteiger charge is 2.32. The van der Waals surface area contributed by atoms with Gasteiger partial charge in [-0.2, -0.15) is 0 Å². The molecule has 13 heteroatoms. The summed E-state index contributed by atoms with van der Waals surface area (Å²) in [4.78, 5) is 60.5. The molecule has 53 heavy (non-hydrogen) atoms. The van der Waals surface area contributed by atoms with Gasteiger partial charge in [-0.15, -0.1) is 0 Å². The lowest BCUT2D eigenvalue weighted by molar-refractivity contribution is -0.116. The van der Waals surface area contributed by atoms with E-state index < -0.39 is 0 Å². The SMILES string of the molecule is COc1cc2c(cc1OCCCC(=O)Nc1cc(C(=O)Nc3ccc(-c4cc(C(=O)N5CCCCC5)n(C)c4)cc3)n(C)c1)N=CC1CCCN1C2=O. The van der Waals surface area contributed by atoms with Crippen LogP contribution in [-0.4, -0.2) is 88.2 Å². The van der Waals surface area contributed by atoms with Crippen molar-refractivity contribution < 1.29 is 28.7 Å². The molecular weight excluding hydrogens is 674 g/mol. The second-order valence-corrected chi connectivity index (χ2v) is 13.8. The molecule has 1 unspecified atom stereocenters. The van der Waals surface area contributed by atoms with Crippen LogP contribution in [0.4, 0.5) is 17.1 Å². The lowest BCUT2D eigenvalue weighted by Crippen LogP contribution is -2.36. The van der Waals surface area contributed by atoms with E-state index in [4.69, 9.17) is 9.47 Å². The average Bonchev–Trinajstić information content (AvgIpc) is 3.88. The predicted octanol–water partition coefficient (Wildman–Crippen LogP) is 6.04. The van der Waals surface area contributed by atoms with Gasteiger partial charge in [-0.3, -0.25) is 24.2 Å². The Morgan fingerprint density at radius 3 is 2.38 bits per heavy atom. The minimum absolute atomic E-state index is 0.00942. The third-order valence-corrected chi connectivity index (χ3v) is 10.1. The van der Waals surface area contributed by atoms with E-state index in [0.717, 1.165) is 49.9 Å². The number of amides is 4. The first-order chi connectivity index (χ1) is 25.7. The van der Waals surface area contributed by atoms with Gasteiger partial charge in [0.15, 0.2) is 11.5 Å². The van der Waals surface area contributed by atoms with Gasteiger partial charge >= 0.3 is 0 Å². The molecule has 4 amide bonds. The zero-order valence-corrected chi connectivity index (χ0v) is 30.4. The molecule has 0 radical (unpaired) electrons. The van der Waals surface area contributed by atoms with Crippen LogP contribution in [0.15, 0.2) is 65.9 Å². The molecule has 0 spiro atoms. The Balaban J connectivity index is 0.900. The Bertz CT molecular complexity index is 2060. The van der Waals surface area contributed by atoms with Crippen molar-refractivity contribution >= 4 is 46.9 Å². The Labute approximate surface area is 308 Å². The minimum Gasteiger partial charge on any atom is -0.493 e. The summed E-state index contributed by atoms with van der Waals surface area (Å²) in [6.07, 6.45) is 11.2. The van der Waals surface area contributed by atoms with E-state index in [9.17, 15) is 19.2 Å². The largest absolute Gasteiger partial charge is 0.493 e. The van der Waals surface area contributed by atoms with E-state index in [2.05, 4.69) is 15.6 Å². The number of fused-ring (bicyclic) bond motifs is 2. The van der Waals surface area contributed by atoms with Crippen molar-refractivity contribution in [2.75, 3.05) is 44.0 Å². The molecule has 3 aliphatic rings. The number of likely N-dealkylation sites (tertiary alicyclic amines) is 1. The molecule has 0 saturated carbocycles. The molecule has 4 aromatic rings. The Hall–Kier alpha value is -5.85. The molecular formula is C40H45N7O6. The fourth-order valence-electron chi connectivity index (χ4n) is 7.25. The first kappa shape index (κ1) is 35.5. The molecule has 13 nitrogen and oxygen atoms in total. The second-order valence-electron chi connectivity index (χ2n) is 13.8. The number of rotatable bonds is 11. The zero-order valence-electron chi connectivity index (χ0n) is 30.4. The number of aliphatic imine (C=N–C) groups is 1. The highest BCUT2D eigenvalue weighted by molar-refractivity contribution is 6.05. The average molecular weight is 720 g/mol. The standard InChI is InChI=1S/C40H45N7O6/c1-44-24-27(19-34(44)40(51)46-15-5-4-6-16-46)26-11-13-28(14-12-26)43-38(49)33-20-29(25-45(33)2)42-37(48)10-8-18-53-36-22-32-31(21-35(36)52-3)39(50)47-17-7-9-30(47)23-41-32/h11-14,19-25,30H,4-10,15-18H2,1-3H3,(H,42,48)(H,43,49). The molecule has 1 atom stereocenters. The van der Waals surface area contributed by atoms with Crippen LogP contribution < -0.4 is 20.1 Å². The normalized spacial score (nSPS) is 16.5. The fraction of sp³-hybridized carbons (Fsp3) is 0.375. The molecule has 2 fully saturated rings. The number of ether oxygens (including phenoxy) is 2. The third kappa shape index (κ3) is 7.69. The zero-order chi connectivity index (χ0) is 37.1. The number of piperidine rings is 1. The Kier molecular flexibility index (Phi) is 10.3. The van der Waals surface area contributed by atoms with Gasteiger partial charge in [0.05, 0.1) is 36.7 Å². The van der Waals surface area contributed by atoms with Gasteiger partial charge in [0.1, 0.15) is 11.4 Å². The first-order valence-electron chi connectivity index (χ1n) is 18.2. The number of nitrogens with one attached hydrogen (secondary N) is 2. The summed E-state index contributed by atoms with van der Waals surface area (Å²) in [6, 6.07) is 14.5. The highest BCUT2D eigenvalue weighted by Crippen LogP contribution is 2.38. The van der Waals surface area contributed by atoms with E-state index in [1.54, 1.807) is 36.0 Å². The lowest BCUT2D eigenvalue weighted by atomic mass is 10.1. The summed E-state index contributed by atoms with van der Waals surface area (Å²) in [5.74, 6) is 0.367. The monoisotopic (exact) mass is 719 g/mol. The topological polar surface area (TPSA) is 139 Å². The maximum atomic E-state index is 13.2. The van der Waals surface area contributed by atoms with E-state index in [1.807, 2.05) is 64.2 Å².